The maximum atomic E-state index is 12.9. The Morgan fingerprint density at radius 3 is 2.77 bits per heavy atom. The lowest BCUT2D eigenvalue weighted by molar-refractivity contribution is 0.0957. The molecule has 4 nitrogen and oxygen atoms in total. The molecule has 0 saturated carbocycles. The van der Waals surface area contributed by atoms with Gasteiger partial charge in [0.05, 0.1) is 11.4 Å². The first-order chi connectivity index (χ1) is 12.6. The van der Waals surface area contributed by atoms with Crippen LogP contribution in [-0.2, 0) is 0 Å². The molecule has 0 bridgehead atoms. The third kappa shape index (κ3) is 4.89. The van der Waals surface area contributed by atoms with Crippen molar-refractivity contribution in [3.05, 3.63) is 65.0 Å². The first kappa shape index (κ1) is 18.5. The number of aryl methyl sites for hydroxylation is 1. The molecule has 0 aliphatic rings. The molecule has 1 amide bonds. The van der Waals surface area contributed by atoms with Gasteiger partial charge in [-0.15, -0.1) is 23.1 Å². The highest BCUT2D eigenvalue weighted by molar-refractivity contribution is 7.99. The zero-order valence-corrected chi connectivity index (χ0v) is 15.9. The molecule has 0 fully saturated rings. The number of nitrogens with zero attached hydrogens (tertiary/aromatic N) is 2. The number of benzene rings is 1. The van der Waals surface area contributed by atoms with Gasteiger partial charge in [-0.05, 0) is 55.5 Å². The number of pyridine rings is 1. The number of amides is 1. The number of rotatable bonds is 7. The van der Waals surface area contributed by atoms with Gasteiger partial charge in [-0.2, -0.15) is 0 Å². The number of thioether (sulfide) groups is 1. The minimum atomic E-state index is -0.230. The minimum absolute atomic E-state index is 0.103. The van der Waals surface area contributed by atoms with Crippen molar-refractivity contribution in [1.82, 2.24) is 15.3 Å². The summed E-state index contributed by atoms with van der Waals surface area (Å²) in [5, 5.41) is 3.69. The highest BCUT2D eigenvalue weighted by Crippen LogP contribution is 2.26. The molecule has 134 valence electrons. The molecule has 0 atom stereocenters. The summed E-state index contributed by atoms with van der Waals surface area (Å²) in [5.74, 6) is 0.521. The summed E-state index contributed by atoms with van der Waals surface area (Å²) in [5.41, 5.74) is 1.49. The summed E-state index contributed by atoms with van der Waals surface area (Å²) in [6, 6.07) is 12.1. The van der Waals surface area contributed by atoms with Crippen LogP contribution in [0.5, 0.6) is 0 Å². The first-order valence-corrected chi connectivity index (χ1v) is 9.99. The molecular formula is C19H18FN3OS2. The van der Waals surface area contributed by atoms with Crippen LogP contribution in [0.1, 0.15) is 21.8 Å². The van der Waals surface area contributed by atoms with Gasteiger partial charge in [0.1, 0.15) is 15.7 Å². The third-order valence-electron chi connectivity index (χ3n) is 3.58. The van der Waals surface area contributed by atoms with Gasteiger partial charge in [-0.1, -0.05) is 6.07 Å². The summed E-state index contributed by atoms with van der Waals surface area (Å²) < 4.78 is 12.9. The van der Waals surface area contributed by atoms with E-state index in [4.69, 9.17) is 0 Å². The molecular weight excluding hydrogens is 369 g/mol. The highest BCUT2D eigenvalue weighted by Gasteiger charge is 2.16. The number of hydrogen-bond acceptors (Lipinski definition) is 5. The van der Waals surface area contributed by atoms with Crippen LogP contribution in [0, 0.1) is 12.7 Å². The standard InChI is InChI=1S/C19H18FN3OS2/c1-13-17(26-19(23-13)16-5-2-3-10-21-16)18(24)22-11-4-12-25-15-8-6-14(20)7-9-15/h2-3,5-10H,4,11-12H2,1H3,(H,22,24). The zero-order valence-electron chi connectivity index (χ0n) is 14.2. The fraction of sp³-hybridized carbons (Fsp3) is 0.211. The van der Waals surface area contributed by atoms with E-state index in [9.17, 15) is 9.18 Å². The number of carbonyl (C=O) groups is 1. The summed E-state index contributed by atoms with van der Waals surface area (Å²) in [6.45, 7) is 2.42. The number of nitrogens with one attached hydrogen (secondary N) is 1. The predicted molar refractivity (Wildman–Crippen MR) is 104 cm³/mol. The molecule has 2 aromatic heterocycles. The van der Waals surface area contributed by atoms with Crippen LogP contribution in [0.4, 0.5) is 4.39 Å². The Morgan fingerprint density at radius 1 is 1.23 bits per heavy atom. The molecule has 3 rings (SSSR count). The monoisotopic (exact) mass is 387 g/mol. The van der Waals surface area contributed by atoms with E-state index < -0.39 is 0 Å². The van der Waals surface area contributed by atoms with Gasteiger partial charge in [-0.25, -0.2) is 9.37 Å². The molecule has 0 unspecified atom stereocenters. The van der Waals surface area contributed by atoms with E-state index in [0.717, 1.165) is 27.8 Å². The van der Waals surface area contributed by atoms with Crippen LogP contribution in [0.3, 0.4) is 0 Å². The number of halogens is 1. The Labute approximate surface area is 159 Å². The van der Waals surface area contributed by atoms with E-state index in [-0.39, 0.29) is 11.7 Å². The van der Waals surface area contributed by atoms with E-state index in [0.29, 0.717) is 17.1 Å². The van der Waals surface area contributed by atoms with E-state index in [1.165, 1.54) is 23.5 Å². The maximum Gasteiger partial charge on any atom is 0.263 e. The summed E-state index contributed by atoms with van der Waals surface area (Å²) in [7, 11) is 0. The minimum Gasteiger partial charge on any atom is -0.351 e. The lowest BCUT2D eigenvalue weighted by Gasteiger charge is -2.04. The van der Waals surface area contributed by atoms with E-state index >= 15 is 0 Å². The van der Waals surface area contributed by atoms with Crippen molar-refractivity contribution in [2.24, 2.45) is 0 Å². The van der Waals surface area contributed by atoms with Gasteiger partial charge in [0, 0.05) is 17.6 Å². The van der Waals surface area contributed by atoms with Crippen molar-refractivity contribution >= 4 is 29.0 Å². The van der Waals surface area contributed by atoms with Crippen molar-refractivity contribution in [2.75, 3.05) is 12.3 Å². The van der Waals surface area contributed by atoms with Crippen molar-refractivity contribution in [3.8, 4) is 10.7 Å². The fourth-order valence-electron chi connectivity index (χ4n) is 2.28. The Hall–Kier alpha value is -2.25. The Kier molecular flexibility index (Phi) is 6.35. The van der Waals surface area contributed by atoms with Crippen LogP contribution < -0.4 is 5.32 Å². The second kappa shape index (κ2) is 8.91. The molecule has 1 aromatic carbocycles. The van der Waals surface area contributed by atoms with Crippen LogP contribution >= 0.6 is 23.1 Å². The van der Waals surface area contributed by atoms with Crippen molar-refractivity contribution in [3.63, 3.8) is 0 Å². The van der Waals surface area contributed by atoms with E-state index in [1.54, 1.807) is 30.1 Å². The maximum absolute atomic E-state index is 12.9. The summed E-state index contributed by atoms with van der Waals surface area (Å²) in [4.78, 5) is 22.7. The van der Waals surface area contributed by atoms with Gasteiger partial charge in [0.15, 0.2) is 0 Å². The second-order valence-electron chi connectivity index (χ2n) is 5.56. The lowest BCUT2D eigenvalue weighted by atomic mass is 10.3. The lowest BCUT2D eigenvalue weighted by Crippen LogP contribution is -2.24. The number of hydrogen-bond donors (Lipinski definition) is 1. The molecule has 0 saturated heterocycles. The van der Waals surface area contributed by atoms with Crippen molar-refractivity contribution in [1.29, 1.82) is 0 Å². The first-order valence-electron chi connectivity index (χ1n) is 8.19. The number of thiazole rings is 1. The normalized spacial score (nSPS) is 10.7. The van der Waals surface area contributed by atoms with E-state index in [2.05, 4.69) is 15.3 Å². The number of aromatic nitrogens is 2. The highest BCUT2D eigenvalue weighted by atomic mass is 32.2. The molecule has 26 heavy (non-hydrogen) atoms. The molecule has 2 heterocycles. The summed E-state index contributed by atoms with van der Waals surface area (Å²) >= 11 is 3.00. The average molecular weight is 388 g/mol. The van der Waals surface area contributed by atoms with Gasteiger partial charge < -0.3 is 5.32 Å². The van der Waals surface area contributed by atoms with Crippen LogP contribution in [0.2, 0.25) is 0 Å². The molecule has 0 radical (unpaired) electrons. The molecule has 0 spiro atoms. The molecule has 1 N–H and O–H groups in total. The Balaban J connectivity index is 1.48. The SMILES string of the molecule is Cc1nc(-c2ccccn2)sc1C(=O)NCCCSc1ccc(F)cc1. The van der Waals surface area contributed by atoms with E-state index in [1.807, 2.05) is 25.1 Å². The van der Waals surface area contributed by atoms with Crippen LogP contribution in [0.15, 0.2) is 53.6 Å². The van der Waals surface area contributed by atoms with Gasteiger partial charge >= 0.3 is 0 Å². The fourth-order valence-corrected chi connectivity index (χ4v) is 4.09. The molecule has 0 aliphatic heterocycles. The van der Waals surface area contributed by atoms with Crippen molar-refractivity contribution < 1.29 is 9.18 Å². The predicted octanol–water partition coefficient (Wildman–Crippen LogP) is 4.56. The summed E-state index contributed by atoms with van der Waals surface area (Å²) in [6.07, 6.45) is 2.54. The van der Waals surface area contributed by atoms with Gasteiger partial charge in [0.2, 0.25) is 0 Å². The van der Waals surface area contributed by atoms with Gasteiger partial charge in [0.25, 0.3) is 5.91 Å². The Bertz CT molecular complexity index is 866. The quantitative estimate of drug-likeness (QED) is 0.477. The molecule has 7 heteroatoms. The molecule has 0 aliphatic carbocycles. The largest absolute Gasteiger partial charge is 0.351 e. The number of carbonyl (C=O) groups excluding carboxylic acids is 1. The van der Waals surface area contributed by atoms with Crippen LogP contribution in [0.25, 0.3) is 10.7 Å². The topological polar surface area (TPSA) is 54.9 Å². The molecule has 3 aromatic rings. The zero-order chi connectivity index (χ0) is 18.4. The van der Waals surface area contributed by atoms with Gasteiger partial charge in [-0.3, -0.25) is 9.78 Å². The average Bonchev–Trinajstić information content (AvgIpc) is 3.05. The third-order valence-corrected chi connectivity index (χ3v) is 5.85. The van der Waals surface area contributed by atoms with Crippen molar-refractivity contribution in [2.45, 2.75) is 18.2 Å². The van der Waals surface area contributed by atoms with Crippen LogP contribution in [-0.4, -0.2) is 28.2 Å². The smallest absolute Gasteiger partial charge is 0.263 e. The Morgan fingerprint density at radius 2 is 2.04 bits per heavy atom. The second-order valence-corrected chi connectivity index (χ2v) is 7.73.